The maximum atomic E-state index is 12.5. The molecule has 0 saturated carbocycles. The molecule has 1 saturated heterocycles. The predicted octanol–water partition coefficient (Wildman–Crippen LogP) is 2.83. The second-order valence-electron chi connectivity index (χ2n) is 6.80. The second-order valence-corrected chi connectivity index (χ2v) is 6.80. The molecule has 1 aromatic rings. The van der Waals surface area contributed by atoms with Gasteiger partial charge >= 0.3 is 6.03 Å². The Labute approximate surface area is 151 Å². The van der Waals surface area contributed by atoms with Gasteiger partial charge < -0.3 is 24.6 Å². The topological polar surface area (TPSA) is 54.0 Å². The van der Waals surface area contributed by atoms with Crippen LogP contribution < -0.4 is 10.1 Å². The Balaban J connectivity index is 1.85. The van der Waals surface area contributed by atoms with Crippen LogP contribution in [0.1, 0.15) is 18.4 Å². The van der Waals surface area contributed by atoms with E-state index in [4.69, 9.17) is 9.47 Å². The summed E-state index contributed by atoms with van der Waals surface area (Å²) in [6.07, 6.45) is 2.35. The minimum absolute atomic E-state index is 0.0834. The molecule has 1 aromatic carbocycles. The van der Waals surface area contributed by atoms with E-state index in [1.54, 1.807) is 19.1 Å². The third-order valence-corrected chi connectivity index (χ3v) is 4.75. The molecule has 0 aliphatic carbocycles. The molecule has 1 aliphatic heterocycles. The van der Waals surface area contributed by atoms with Crippen LogP contribution in [0.3, 0.4) is 0 Å². The van der Waals surface area contributed by atoms with Crippen LogP contribution in [-0.4, -0.2) is 69.9 Å². The van der Waals surface area contributed by atoms with Gasteiger partial charge in [-0.05, 0) is 43.9 Å². The first-order valence-corrected chi connectivity index (χ1v) is 8.91. The number of likely N-dealkylation sites (tertiary alicyclic amines) is 1. The van der Waals surface area contributed by atoms with Gasteiger partial charge in [0, 0.05) is 45.5 Å². The van der Waals surface area contributed by atoms with Crippen molar-refractivity contribution >= 4 is 11.7 Å². The highest BCUT2D eigenvalue weighted by Crippen LogP contribution is 2.23. The molecule has 6 heteroatoms. The van der Waals surface area contributed by atoms with Crippen LogP contribution in [0.4, 0.5) is 10.5 Å². The lowest BCUT2D eigenvalue weighted by molar-refractivity contribution is 0.106. The van der Waals surface area contributed by atoms with E-state index in [-0.39, 0.29) is 6.03 Å². The summed E-state index contributed by atoms with van der Waals surface area (Å²) < 4.78 is 10.5. The third-order valence-electron chi connectivity index (χ3n) is 4.75. The normalized spacial score (nSPS) is 18.0. The highest BCUT2D eigenvalue weighted by Gasteiger charge is 2.22. The van der Waals surface area contributed by atoms with Crippen LogP contribution in [-0.2, 0) is 4.74 Å². The molecule has 1 N–H and O–H groups in total. The van der Waals surface area contributed by atoms with Crippen molar-refractivity contribution in [3.63, 3.8) is 0 Å². The first-order valence-electron chi connectivity index (χ1n) is 8.91. The molecule has 1 heterocycles. The van der Waals surface area contributed by atoms with Crippen LogP contribution >= 0.6 is 0 Å². The van der Waals surface area contributed by atoms with Crippen molar-refractivity contribution < 1.29 is 14.3 Å². The van der Waals surface area contributed by atoms with E-state index in [1.165, 1.54) is 12.8 Å². The molecule has 2 amide bonds. The molecule has 140 valence electrons. The summed E-state index contributed by atoms with van der Waals surface area (Å²) in [6, 6.07) is 5.62. The predicted molar refractivity (Wildman–Crippen MR) is 100 cm³/mol. The zero-order valence-electron chi connectivity index (χ0n) is 15.9. The molecule has 25 heavy (non-hydrogen) atoms. The maximum absolute atomic E-state index is 12.5. The summed E-state index contributed by atoms with van der Waals surface area (Å²) in [5, 5.41) is 2.95. The Morgan fingerprint density at radius 3 is 2.92 bits per heavy atom. The Hall–Kier alpha value is -1.79. The first kappa shape index (κ1) is 19.5. The van der Waals surface area contributed by atoms with E-state index in [0.29, 0.717) is 5.92 Å². The van der Waals surface area contributed by atoms with Crippen molar-refractivity contribution in [3.8, 4) is 5.75 Å². The third kappa shape index (κ3) is 5.90. The number of nitrogens with one attached hydrogen (secondary N) is 1. The summed E-state index contributed by atoms with van der Waals surface area (Å²) >= 11 is 0. The summed E-state index contributed by atoms with van der Waals surface area (Å²) in [5.74, 6) is 1.29. The summed E-state index contributed by atoms with van der Waals surface area (Å²) in [7, 11) is 5.23. The lowest BCUT2D eigenvalue weighted by atomic mass is 9.97. The van der Waals surface area contributed by atoms with Gasteiger partial charge in [-0.3, -0.25) is 0 Å². The number of piperidine rings is 1. The van der Waals surface area contributed by atoms with E-state index in [2.05, 4.69) is 10.2 Å². The molecular formula is C19H31N3O3. The molecule has 2 rings (SSSR count). The van der Waals surface area contributed by atoms with Crippen molar-refractivity contribution in [2.45, 2.75) is 19.8 Å². The Morgan fingerprint density at radius 2 is 2.20 bits per heavy atom. The molecule has 1 aliphatic rings. The summed E-state index contributed by atoms with van der Waals surface area (Å²) in [4.78, 5) is 16.7. The van der Waals surface area contributed by atoms with Crippen LogP contribution in [0.5, 0.6) is 5.75 Å². The average Bonchev–Trinajstić information content (AvgIpc) is 2.61. The van der Waals surface area contributed by atoms with E-state index in [1.807, 2.05) is 32.2 Å². The highest BCUT2D eigenvalue weighted by molar-refractivity contribution is 5.89. The van der Waals surface area contributed by atoms with Crippen LogP contribution in [0.2, 0.25) is 0 Å². The fraction of sp³-hybridized carbons (Fsp3) is 0.632. The van der Waals surface area contributed by atoms with E-state index < -0.39 is 0 Å². The van der Waals surface area contributed by atoms with Gasteiger partial charge in [-0.1, -0.05) is 6.07 Å². The number of nitrogens with zero attached hydrogens (tertiary/aromatic N) is 2. The van der Waals surface area contributed by atoms with Crippen molar-refractivity contribution in [2.75, 3.05) is 59.4 Å². The monoisotopic (exact) mass is 349 g/mol. The van der Waals surface area contributed by atoms with Crippen molar-refractivity contribution in [3.05, 3.63) is 23.8 Å². The van der Waals surface area contributed by atoms with Gasteiger partial charge in [0.05, 0.1) is 13.7 Å². The van der Waals surface area contributed by atoms with Gasteiger partial charge in [-0.2, -0.15) is 0 Å². The molecule has 0 bridgehead atoms. The number of carbonyl (C=O) groups excluding carboxylic acids is 1. The zero-order valence-corrected chi connectivity index (χ0v) is 15.9. The first-order chi connectivity index (χ1) is 12.0. The molecule has 1 fully saturated rings. The highest BCUT2D eigenvalue weighted by atomic mass is 16.5. The number of rotatable bonds is 7. The zero-order chi connectivity index (χ0) is 18.2. The molecular weight excluding hydrogens is 318 g/mol. The Kier molecular flexibility index (Phi) is 7.52. The average molecular weight is 349 g/mol. The number of ether oxygens (including phenoxy) is 2. The Bertz CT molecular complexity index is 565. The van der Waals surface area contributed by atoms with Crippen molar-refractivity contribution in [1.29, 1.82) is 0 Å². The molecule has 0 unspecified atom stereocenters. The number of amides is 2. The quantitative estimate of drug-likeness (QED) is 0.822. The lowest BCUT2D eigenvalue weighted by Crippen LogP contribution is -2.43. The van der Waals surface area contributed by atoms with Gasteiger partial charge in [0.2, 0.25) is 0 Å². The maximum Gasteiger partial charge on any atom is 0.321 e. The van der Waals surface area contributed by atoms with Gasteiger partial charge in [0.25, 0.3) is 0 Å². The van der Waals surface area contributed by atoms with Gasteiger partial charge in [-0.15, -0.1) is 0 Å². The number of anilines is 1. The van der Waals surface area contributed by atoms with Crippen LogP contribution in [0.15, 0.2) is 18.2 Å². The number of urea groups is 1. The largest absolute Gasteiger partial charge is 0.496 e. The molecule has 6 nitrogen and oxygen atoms in total. The molecule has 0 spiro atoms. The number of hydrogen-bond donors (Lipinski definition) is 1. The van der Waals surface area contributed by atoms with Crippen LogP contribution in [0.25, 0.3) is 0 Å². The van der Waals surface area contributed by atoms with E-state index >= 15 is 0 Å². The van der Waals surface area contributed by atoms with E-state index in [9.17, 15) is 4.79 Å². The van der Waals surface area contributed by atoms with Gasteiger partial charge in [-0.25, -0.2) is 4.79 Å². The van der Waals surface area contributed by atoms with Gasteiger partial charge in [0.15, 0.2) is 0 Å². The Morgan fingerprint density at radius 1 is 1.40 bits per heavy atom. The minimum Gasteiger partial charge on any atom is -0.496 e. The van der Waals surface area contributed by atoms with Gasteiger partial charge in [0.1, 0.15) is 5.75 Å². The van der Waals surface area contributed by atoms with Crippen LogP contribution in [0, 0.1) is 12.8 Å². The molecule has 0 radical (unpaired) electrons. The molecule has 1 atom stereocenters. The number of hydrogen-bond acceptors (Lipinski definition) is 4. The molecule has 0 aromatic heterocycles. The number of methoxy groups -OCH3 is 2. The fourth-order valence-corrected chi connectivity index (χ4v) is 3.31. The van der Waals surface area contributed by atoms with Crippen molar-refractivity contribution in [2.24, 2.45) is 5.92 Å². The second kappa shape index (κ2) is 9.63. The standard InChI is InChI=1S/C19H31N3O3/c1-15-7-8-17(12-18(15)25-4)20-19(23)21(2)13-16-6-5-9-22(14-16)10-11-24-3/h7-8,12,16H,5-6,9-11,13-14H2,1-4H3,(H,20,23)/t16-/m1/s1. The number of carbonyl (C=O) groups is 1. The number of aryl methyl sites for hydroxylation is 1. The van der Waals surface area contributed by atoms with Crippen molar-refractivity contribution in [1.82, 2.24) is 9.80 Å². The summed E-state index contributed by atoms with van der Waals surface area (Å²) in [6.45, 7) is 6.62. The SMILES string of the molecule is COCCN1CCC[C@H](CN(C)C(=O)Nc2ccc(C)c(OC)c2)C1. The van der Waals surface area contributed by atoms with E-state index in [0.717, 1.165) is 49.8 Å². The fourth-order valence-electron chi connectivity index (χ4n) is 3.31. The number of benzene rings is 1. The minimum atomic E-state index is -0.0834. The smallest absolute Gasteiger partial charge is 0.321 e. The summed E-state index contributed by atoms with van der Waals surface area (Å²) in [5.41, 5.74) is 1.80. The lowest BCUT2D eigenvalue weighted by Gasteiger charge is -2.34.